The number of hydrogen-bond donors (Lipinski definition) is 0. The van der Waals surface area contributed by atoms with Crippen molar-refractivity contribution in [2.45, 2.75) is 12.8 Å². The second-order valence-corrected chi connectivity index (χ2v) is 4.09. The molecule has 0 bridgehead atoms. The van der Waals surface area contributed by atoms with Crippen molar-refractivity contribution >= 4 is 0 Å². The van der Waals surface area contributed by atoms with E-state index in [-0.39, 0.29) is 6.29 Å². The fraction of sp³-hybridized carbons (Fsp3) is 0.267. The van der Waals surface area contributed by atoms with Crippen molar-refractivity contribution in [1.82, 2.24) is 0 Å². The van der Waals surface area contributed by atoms with Gasteiger partial charge in [-0.15, -0.1) is 0 Å². The van der Waals surface area contributed by atoms with Gasteiger partial charge in [0.15, 0.2) is 25.2 Å². The molecule has 0 saturated carbocycles. The fourth-order valence-electron chi connectivity index (χ4n) is 1.89. The summed E-state index contributed by atoms with van der Waals surface area (Å²) in [6.45, 7) is 0.867. The molecule has 0 saturated heterocycles. The summed E-state index contributed by atoms with van der Waals surface area (Å²) in [7, 11) is 3.28. The van der Waals surface area contributed by atoms with E-state index < -0.39 is 0 Å². The van der Waals surface area contributed by atoms with Crippen molar-refractivity contribution in [3.63, 3.8) is 0 Å². The molecule has 2 aromatic rings. The Balaban J connectivity index is 2.08. The number of nitrogens with zero attached hydrogens (tertiary/aromatic N) is 1. The summed E-state index contributed by atoms with van der Waals surface area (Å²) in [6, 6.07) is 14.4. The smallest absolute Gasteiger partial charge is 0.183 e. The fourth-order valence-corrected chi connectivity index (χ4v) is 1.89. The molecular formula is C15H18NO2+. The summed E-state index contributed by atoms with van der Waals surface area (Å²) in [4.78, 5) is 0. The van der Waals surface area contributed by atoms with E-state index in [0.717, 1.165) is 12.1 Å². The minimum Gasteiger partial charge on any atom is -0.352 e. The van der Waals surface area contributed by atoms with E-state index in [2.05, 4.69) is 28.8 Å². The summed E-state index contributed by atoms with van der Waals surface area (Å²) in [5, 5.41) is 0. The average molecular weight is 244 g/mol. The van der Waals surface area contributed by atoms with Crippen molar-refractivity contribution in [1.29, 1.82) is 0 Å². The van der Waals surface area contributed by atoms with Crippen LogP contribution in [0.1, 0.15) is 17.4 Å². The largest absolute Gasteiger partial charge is 0.352 e. The van der Waals surface area contributed by atoms with E-state index in [1.165, 1.54) is 5.56 Å². The second-order valence-electron chi connectivity index (χ2n) is 4.09. The molecule has 0 spiro atoms. The summed E-state index contributed by atoms with van der Waals surface area (Å²) in [6.07, 6.45) is 3.78. The maximum atomic E-state index is 5.21. The van der Waals surface area contributed by atoms with Gasteiger partial charge in [-0.25, -0.2) is 4.57 Å². The van der Waals surface area contributed by atoms with Crippen LogP contribution in [0.2, 0.25) is 0 Å². The predicted octanol–water partition coefficient (Wildman–Crippen LogP) is 2.31. The third-order valence-corrected chi connectivity index (χ3v) is 2.83. The molecular weight excluding hydrogens is 226 g/mol. The van der Waals surface area contributed by atoms with Crippen molar-refractivity contribution in [3.8, 4) is 0 Å². The summed E-state index contributed by atoms with van der Waals surface area (Å²) in [5.74, 6) is 0. The van der Waals surface area contributed by atoms with Crippen LogP contribution < -0.4 is 4.57 Å². The quantitative estimate of drug-likeness (QED) is 0.595. The van der Waals surface area contributed by atoms with Crippen LogP contribution >= 0.6 is 0 Å². The number of methoxy groups -OCH3 is 2. The van der Waals surface area contributed by atoms with Crippen LogP contribution in [-0.4, -0.2) is 14.2 Å². The zero-order chi connectivity index (χ0) is 12.8. The molecule has 0 radical (unpaired) electrons. The molecule has 0 aliphatic heterocycles. The van der Waals surface area contributed by atoms with Gasteiger partial charge in [-0.1, -0.05) is 30.3 Å². The van der Waals surface area contributed by atoms with Crippen molar-refractivity contribution < 1.29 is 14.0 Å². The van der Waals surface area contributed by atoms with E-state index >= 15 is 0 Å². The maximum absolute atomic E-state index is 5.21. The monoisotopic (exact) mass is 244 g/mol. The Morgan fingerprint density at radius 2 is 1.56 bits per heavy atom. The first kappa shape index (κ1) is 12.7. The van der Waals surface area contributed by atoms with E-state index in [4.69, 9.17) is 9.47 Å². The van der Waals surface area contributed by atoms with Gasteiger partial charge >= 0.3 is 0 Å². The van der Waals surface area contributed by atoms with Gasteiger partial charge in [-0.2, -0.15) is 0 Å². The van der Waals surface area contributed by atoms with Gasteiger partial charge in [0.25, 0.3) is 0 Å². The van der Waals surface area contributed by atoms with Crippen LogP contribution in [0.5, 0.6) is 0 Å². The molecule has 1 heterocycles. The van der Waals surface area contributed by atoms with Crippen LogP contribution in [0.25, 0.3) is 0 Å². The lowest BCUT2D eigenvalue weighted by atomic mass is 10.2. The molecule has 18 heavy (non-hydrogen) atoms. The molecule has 0 amide bonds. The van der Waals surface area contributed by atoms with E-state index in [0.29, 0.717) is 0 Å². The molecule has 0 unspecified atom stereocenters. The van der Waals surface area contributed by atoms with Gasteiger partial charge in [0.05, 0.1) is 0 Å². The van der Waals surface area contributed by atoms with Crippen molar-refractivity contribution in [2.24, 2.45) is 0 Å². The standard InChI is InChI=1S/C15H18NO2/c1-17-15(18-2)14-8-10-16(11-9-14)12-13-6-4-3-5-7-13/h3-11,15H,12H2,1-2H3/q+1. The molecule has 1 aromatic carbocycles. The lowest BCUT2D eigenvalue weighted by Gasteiger charge is -2.12. The van der Waals surface area contributed by atoms with Gasteiger partial charge in [0, 0.05) is 37.5 Å². The highest BCUT2D eigenvalue weighted by Gasteiger charge is 2.10. The van der Waals surface area contributed by atoms with Crippen LogP contribution in [0.3, 0.4) is 0 Å². The topological polar surface area (TPSA) is 22.3 Å². The second kappa shape index (κ2) is 6.28. The van der Waals surface area contributed by atoms with E-state index in [1.807, 2.05) is 30.6 Å². The van der Waals surface area contributed by atoms with Gasteiger partial charge in [0.2, 0.25) is 0 Å². The minimum atomic E-state index is -0.295. The lowest BCUT2D eigenvalue weighted by molar-refractivity contribution is -0.688. The number of rotatable bonds is 5. The van der Waals surface area contributed by atoms with Gasteiger partial charge in [0.1, 0.15) is 0 Å². The zero-order valence-electron chi connectivity index (χ0n) is 10.7. The Kier molecular flexibility index (Phi) is 4.45. The van der Waals surface area contributed by atoms with Crippen LogP contribution in [0.15, 0.2) is 54.9 Å². The van der Waals surface area contributed by atoms with Crippen LogP contribution in [0, 0.1) is 0 Å². The first-order valence-corrected chi connectivity index (χ1v) is 5.92. The SMILES string of the molecule is COC(OC)c1cc[n+](Cc2ccccc2)cc1. The van der Waals surface area contributed by atoms with Gasteiger partial charge in [-0.3, -0.25) is 0 Å². The Bertz CT molecular complexity index is 464. The molecule has 0 atom stereocenters. The Morgan fingerprint density at radius 3 is 2.11 bits per heavy atom. The van der Waals surface area contributed by atoms with Crippen LogP contribution in [0.4, 0.5) is 0 Å². The predicted molar refractivity (Wildman–Crippen MR) is 68.9 cm³/mol. The molecule has 3 nitrogen and oxygen atoms in total. The highest BCUT2D eigenvalue weighted by atomic mass is 16.7. The Hall–Kier alpha value is -1.71. The number of aromatic nitrogens is 1. The molecule has 0 N–H and O–H groups in total. The minimum absolute atomic E-state index is 0.295. The number of pyridine rings is 1. The van der Waals surface area contributed by atoms with E-state index in [9.17, 15) is 0 Å². The lowest BCUT2D eigenvalue weighted by Crippen LogP contribution is -2.33. The Labute approximate surface area is 108 Å². The van der Waals surface area contributed by atoms with Crippen molar-refractivity contribution in [2.75, 3.05) is 14.2 Å². The average Bonchev–Trinajstić information content (AvgIpc) is 2.43. The first-order chi connectivity index (χ1) is 8.83. The summed E-state index contributed by atoms with van der Waals surface area (Å²) < 4.78 is 12.6. The molecule has 0 aliphatic carbocycles. The highest BCUT2D eigenvalue weighted by Crippen LogP contribution is 2.14. The zero-order valence-corrected chi connectivity index (χ0v) is 10.7. The first-order valence-electron chi connectivity index (χ1n) is 5.92. The summed E-state index contributed by atoms with van der Waals surface area (Å²) in [5.41, 5.74) is 2.30. The van der Waals surface area contributed by atoms with Gasteiger partial charge in [-0.05, 0) is 0 Å². The number of ether oxygens (including phenoxy) is 2. The third-order valence-electron chi connectivity index (χ3n) is 2.83. The molecule has 1 aromatic heterocycles. The third kappa shape index (κ3) is 3.15. The maximum Gasteiger partial charge on any atom is 0.183 e. The molecule has 94 valence electrons. The van der Waals surface area contributed by atoms with Crippen LogP contribution in [-0.2, 0) is 16.0 Å². The normalized spacial score (nSPS) is 10.8. The number of hydrogen-bond acceptors (Lipinski definition) is 2. The summed E-state index contributed by atoms with van der Waals surface area (Å²) >= 11 is 0. The highest BCUT2D eigenvalue weighted by molar-refractivity contribution is 5.13. The number of benzene rings is 1. The van der Waals surface area contributed by atoms with Crippen molar-refractivity contribution in [3.05, 3.63) is 66.0 Å². The molecule has 2 rings (SSSR count). The van der Waals surface area contributed by atoms with E-state index in [1.54, 1.807) is 14.2 Å². The Morgan fingerprint density at radius 1 is 0.944 bits per heavy atom. The molecule has 0 aliphatic rings. The molecule has 0 fully saturated rings. The van der Waals surface area contributed by atoms with Gasteiger partial charge < -0.3 is 9.47 Å². The molecule has 3 heteroatoms.